The van der Waals surface area contributed by atoms with Gasteiger partial charge in [0.2, 0.25) is 0 Å². The van der Waals surface area contributed by atoms with Crippen LogP contribution in [0.2, 0.25) is 0 Å². The molecule has 0 spiro atoms. The molecule has 0 aromatic heterocycles. The maximum absolute atomic E-state index is 13.3. The lowest BCUT2D eigenvalue weighted by Gasteiger charge is -2.32. The number of hydrogen-bond donors (Lipinski definition) is 1. The predicted molar refractivity (Wildman–Crippen MR) is 73.4 cm³/mol. The van der Waals surface area contributed by atoms with Crippen LogP contribution in [0, 0.1) is 0 Å². The van der Waals surface area contributed by atoms with Gasteiger partial charge in [0, 0.05) is 11.3 Å². The van der Waals surface area contributed by atoms with Crippen LogP contribution in [0.4, 0.5) is 10.1 Å². The van der Waals surface area contributed by atoms with Gasteiger partial charge in [-0.25, -0.2) is 4.39 Å². The number of halogens is 1. The van der Waals surface area contributed by atoms with Crippen molar-refractivity contribution in [3.05, 3.63) is 54.6 Å². The van der Waals surface area contributed by atoms with Gasteiger partial charge in [0.1, 0.15) is 6.17 Å². The molecule has 2 aromatic rings. The van der Waals surface area contributed by atoms with Gasteiger partial charge in [-0.1, -0.05) is 48.5 Å². The van der Waals surface area contributed by atoms with E-state index < -0.39 is 6.17 Å². The normalized spacial score (nSPS) is 22.3. The lowest BCUT2D eigenvalue weighted by molar-refractivity contribution is 0.186. The minimum atomic E-state index is -0.700. The molecule has 2 unspecified atom stereocenters. The summed E-state index contributed by atoms with van der Waals surface area (Å²) in [4.78, 5) is 0. The van der Waals surface area contributed by atoms with Crippen LogP contribution in [0.5, 0.6) is 0 Å². The largest absolute Gasteiger partial charge is 0.379 e. The number of nitrogens with one attached hydrogen (secondary N) is 1. The molecule has 0 amide bonds. The topological polar surface area (TPSA) is 12.0 Å². The summed E-state index contributed by atoms with van der Waals surface area (Å²) in [5.41, 5.74) is 3.32. The predicted octanol–water partition coefficient (Wildman–Crippen LogP) is 4.27. The van der Waals surface area contributed by atoms with Crippen LogP contribution in [-0.4, -0.2) is 12.2 Å². The summed E-state index contributed by atoms with van der Waals surface area (Å²) in [5, 5.41) is 3.32. The fraction of sp³-hybridized carbons (Fsp3) is 0.250. The third-order valence-electron chi connectivity index (χ3n) is 3.54. The average molecular weight is 241 g/mol. The van der Waals surface area contributed by atoms with Crippen molar-refractivity contribution < 1.29 is 4.39 Å². The lowest BCUT2D eigenvalue weighted by atomic mass is 9.90. The highest BCUT2D eigenvalue weighted by Crippen LogP contribution is 2.32. The molecule has 0 aliphatic heterocycles. The average Bonchev–Trinajstić information content (AvgIpc) is 2.44. The van der Waals surface area contributed by atoms with Crippen molar-refractivity contribution in [3.8, 4) is 11.1 Å². The minimum absolute atomic E-state index is 0.0186. The molecule has 18 heavy (non-hydrogen) atoms. The SMILES string of the molecule is FC1CCC1Nc1ccccc1-c1ccccc1. The molecule has 3 rings (SSSR count). The summed E-state index contributed by atoms with van der Waals surface area (Å²) >= 11 is 0. The Balaban J connectivity index is 1.90. The summed E-state index contributed by atoms with van der Waals surface area (Å²) in [7, 11) is 0. The van der Waals surface area contributed by atoms with E-state index in [9.17, 15) is 4.39 Å². The Morgan fingerprint density at radius 1 is 0.889 bits per heavy atom. The fourth-order valence-electron chi connectivity index (χ4n) is 2.30. The van der Waals surface area contributed by atoms with E-state index in [4.69, 9.17) is 0 Å². The van der Waals surface area contributed by atoms with Gasteiger partial charge in [-0.2, -0.15) is 0 Å². The van der Waals surface area contributed by atoms with Crippen LogP contribution in [0.25, 0.3) is 11.1 Å². The molecule has 2 heteroatoms. The Morgan fingerprint density at radius 2 is 1.61 bits per heavy atom. The van der Waals surface area contributed by atoms with Gasteiger partial charge in [0.15, 0.2) is 0 Å². The first-order valence-corrected chi connectivity index (χ1v) is 6.39. The van der Waals surface area contributed by atoms with Crippen molar-refractivity contribution in [1.82, 2.24) is 0 Å². The van der Waals surface area contributed by atoms with E-state index in [1.807, 2.05) is 36.4 Å². The van der Waals surface area contributed by atoms with Crippen LogP contribution in [0.15, 0.2) is 54.6 Å². The number of benzene rings is 2. The number of anilines is 1. The Bertz CT molecular complexity index is 524. The van der Waals surface area contributed by atoms with Crippen molar-refractivity contribution in [1.29, 1.82) is 0 Å². The van der Waals surface area contributed by atoms with E-state index in [-0.39, 0.29) is 6.04 Å². The zero-order valence-electron chi connectivity index (χ0n) is 10.1. The van der Waals surface area contributed by atoms with Crippen LogP contribution >= 0.6 is 0 Å². The Hall–Kier alpha value is -1.83. The van der Waals surface area contributed by atoms with Crippen molar-refractivity contribution in [2.45, 2.75) is 25.1 Å². The molecule has 1 N–H and O–H groups in total. The highest BCUT2D eigenvalue weighted by atomic mass is 19.1. The van der Waals surface area contributed by atoms with Gasteiger partial charge in [0.25, 0.3) is 0 Å². The third-order valence-corrected chi connectivity index (χ3v) is 3.54. The van der Waals surface area contributed by atoms with E-state index in [2.05, 4.69) is 23.5 Å². The summed E-state index contributed by atoms with van der Waals surface area (Å²) in [6, 6.07) is 18.3. The molecule has 1 saturated carbocycles. The number of rotatable bonds is 3. The van der Waals surface area contributed by atoms with Gasteiger partial charge in [0.05, 0.1) is 6.04 Å². The highest BCUT2D eigenvalue weighted by Gasteiger charge is 2.30. The number of alkyl halides is 1. The molecule has 2 atom stereocenters. The molecule has 0 radical (unpaired) electrons. The van der Waals surface area contributed by atoms with Crippen molar-refractivity contribution in [2.75, 3.05) is 5.32 Å². The van der Waals surface area contributed by atoms with Gasteiger partial charge in [-0.05, 0) is 24.5 Å². The number of para-hydroxylation sites is 1. The second-order valence-corrected chi connectivity index (χ2v) is 4.76. The maximum atomic E-state index is 13.3. The molecule has 2 aromatic carbocycles. The third kappa shape index (κ3) is 2.10. The first kappa shape index (κ1) is 11.3. The quantitative estimate of drug-likeness (QED) is 0.846. The molecule has 1 aliphatic carbocycles. The van der Waals surface area contributed by atoms with Gasteiger partial charge in [-0.3, -0.25) is 0 Å². The van der Waals surface area contributed by atoms with Gasteiger partial charge < -0.3 is 5.32 Å². The van der Waals surface area contributed by atoms with E-state index >= 15 is 0 Å². The van der Waals surface area contributed by atoms with Gasteiger partial charge >= 0.3 is 0 Å². The molecule has 92 valence electrons. The first-order chi connectivity index (χ1) is 8.84. The van der Waals surface area contributed by atoms with Crippen LogP contribution < -0.4 is 5.32 Å². The van der Waals surface area contributed by atoms with Crippen LogP contribution in [0.1, 0.15) is 12.8 Å². The molecular formula is C16H16FN. The Morgan fingerprint density at radius 3 is 2.28 bits per heavy atom. The summed E-state index contributed by atoms with van der Waals surface area (Å²) in [6.45, 7) is 0. The smallest absolute Gasteiger partial charge is 0.120 e. The fourth-order valence-corrected chi connectivity index (χ4v) is 2.30. The molecule has 1 aliphatic rings. The first-order valence-electron chi connectivity index (χ1n) is 6.39. The van der Waals surface area contributed by atoms with Crippen LogP contribution in [0.3, 0.4) is 0 Å². The zero-order chi connectivity index (χ0) is 12.4. The van der Waals surface area contributed by atoms with Gasteiger partial charge in [-0.15, -0.1) is 0 Å². The second-order valence-electron chi connectivity index (χ2n) is 4.76. The standard InChI is InChI=1S/C16H16FN/c17-14-10-11-16(14)18-15-9-5-4-8-13(15)12-6-2-1-3-7-12/h1-9,14,16,18H,10-11H2. The Kier molecular flexibility index (Phi) is 3.01. The van der Waals surface area contributed by atoms with E-state index in [0.717, 1.165) is 23.2 Å². The minimum Gasteiger partial charge on any atom is -0.379 e. The molecule has 1 nitrogen and oxygen atoms in total. The zero-order valence-corrected chi connectivity index (χ0v) is 10.1. The lowest BCUT2D eigenvalue weighted by Crippen LogP contribution is -2.39. The Labute approximate surface area is 107 Å². The maximum Gasteiger partial charge on any atom is 0.120 e. The monoisotopic (exact) mass is 241 g/mol. The van der Waals surface area contributed by atoms with Crippen molar-refractivity contribution >= 4 is 5.69 Å². The summed E-state index contributed by atoms with van der Waals surface area (Å²) < 4.78 is 13.3. The van der Waals surface area contributed by atoms with E-state index in [1.54, 1.807) is 0 Å². The molecule has 0 saturated heterocycles. The molecule has 0 bridgehead atoms. The van der Waals surface area contributed by atoms with Crippen molar-refractivity contribution in [3.63, 3.8) is 0 Å². The molecular weight excluding hydrogens is 225 g/mol. The second kappa shape index (κ2) is 4.81. The van der Waals surface area contributed by atoms with E-state index in [1.165, 1.54) is 0 Å². The van der Waals surface area contributed by atoms with E-state index in [0.29, 0.717) is 6.42 Å². The molecule has 1 fully saturated rings. The van der Waals surface area contributed by atoms with Crippen LogP contribution in [-0.2, 0) is 0 Å². The summed E-state index contributed by atoms with van der Waals surface area (Å²) in [6.07, 6.45) is 0.906. The number of hydrogen-bond acceptors (Lipinski definition) is 1. The van der Waals surface area contributed by atoms with Crippen molar-refractivity contribution in [2.24, 2.45) is 0 Å². The highest BCUT2D eigenvalue weighted by molar-refractivity contribution is 5.78. The molecule has 0 heterocycles. The summed E-state index contributed by atoms with van der Waals surface area (Å²) in [5.74, 6) is 0.